The van der Waals surface area contributed by atoms with Gasteiger partial charge >= 0.3 is 0 Å². The molecule has 0 aromatic heterocycles. The lowest BCUT2D eigenvalue weighted by atomic mass is 10.3. The van der Waals surface area contributed by atoms with E-state index < -0.39 is 5.91 Å². The number of carbonyl (C=O) groups is 2. The minimum Gasteiger partial charge on any atom is -0.368 e. The van der Waals surface area contributed by atoms with Crippen molar-refractivity contribution in [1.29, 1.82) is 0 Å². The summed E-state index contributed by atoms with van der Waals surface area (Å²) in [5.41, 5.74) is 7.32. The number of carbonyl (C=O) groups excluding carboxylic acids is 2. The Morgan fingerprint density at radius 1 is 1.46 bits per heavy atom. The lowest BCUT2D eigenvalue weighted by Crippen LogP contribution is -2.26. The van der Waals surface area contributed by atoms with Crippen molar-refractivity contribution in [3.8, 4) is 0 Å². The van der Waals surface area contributed by atoms with Crippen LogP contribution in [0.25, 0.3) is 0 Å². The van der Waals surface area contributed by atoms with E-state index in [1.54, 1.807) is 7.05 Å². The zero-order chi connectivity index (χ0) is 10.1. The standard InChI is InChI=1S/C7H15N3O3/c1-9-7(12)3-2-4-10-13-5-6(8)11/h10H,2-5H2,1H3,(H2,8,11)(H,9,12). The first-order valence-corrected chi connectivity index (χ1v) is 4.00. The van der Waals surface area contributed by atoms with Crippen LogP contribution in [0.2, 0.25) is 0 Å². The van der Waals surface area contributed by atoms with E-state index >= 15 is 0 Å². The first-order chi connectivity index (χ1) is 6.16. The molecular formula is C7H15N3O3. The van der Waals surface area contributed by atoms with Gasteiger partial charge < -0.3 is 11.1 Å². The van der Waals surface area contributed by atoms with E-state index in [0.29, 0.717) is 19.4 Å². The second-order valence-corrected chi connectivity index (χ2v) is 2.43. The Kier molecular flexibility index (Phi) is 6.85. The quantitative estimate of drug-likeness (QED) is 0.336. The van der Waals surface area contributed by atoms with Crippen LogP contribution in [0.1, 0.15) is 12.8 Å². The molecule has 0 aromatic carbocycles. The Morgan fingerprint density at radius 3 is 2.69 bits per heavy atom. The number of nitrogens with two attached hydrogens (primary N) is 1. The van der Waals surface area contributed by atoms with E-state index in [1.165, 1.54) is 0 Å². The zero-order valence-corrected chi connectivity index (χ0v) is 7.63. The van der Waals surface area contributed by atoms with Crippen molar-refractivity contribution in [2.75, 3.05) is 20.2 Å². The molecule has 4 N–H and O–H groups in total. The fraction of sp³-hybridized carbons (Fsp3) is 0.714. The van der Waals surface area contributed by atoms with Crippen LogP contribution >= 0.6 is 0 Å². The Balaban J connectivity index is 3.08. The van der Waals surface area contributed by atoms with Crippen molar-refractivity contribution in [1.82, 2.24) is 10.8 Å². The van der Waals surface area contributed by atoms with Gasteiger partial charge in [0.05, 0.1) is 0 Å². The summed E-state index contributed by atoms with van der Waals surface area (Å²) in [6.45, 7) is 0.362. The van der Waals surface area contributed by atoms with Crippen molar-refractivity contribution in [2.45, 2.75) is 12.8 Å². The molecule has 2 amide bonds. The fourth-order valence-corrected chi connectivity index (χ4v) is 0.640. The minimum absolute atomic E-state index is 0.0169. The number of hydrogen-bond donors (Lipinski definition) is 3. The lowest BCUT2D eigenvalue weighted by molar-refractivity contribution is -0.125. The summed E-state index contributed by atoms with van der Waals surface area (Å²) in [6.07, 6.45) is 1.09. The third-order valence-corrected chi connectivity index (χ3v) is 1.28. The van der Waals surface area contributed by atoms with Gasteiger partial charge in [-0.1, -0.05) is 0 Å². The van der Waals surface area contributed by atoms with Gasteiger partial charge in [-0.2, -0.15) is 0 Å². The van der Waals surface area contributed by atoms with Crippen molar-refractivity contribution in [3.63, 3.8) is 0 Å². The molecule has 0 aliphatic heterocycles. The predicted molar refractivity (Wildman–Crippen MR) is 46.4 cm³/mol. The second kappa shape index (κ2) is 7.51. The van der Waals surface area contributed by atoms with Crippen molar-refractivity contribution in [3.05, 3.63) is 0 Å². The van der Waals surface area contributed by atoms with E-state index in [1.807, 2.05) is 0 Å². The molecule has 0 saturated carbocycles. The fourth-order valence-electron chi connectivity index (χ4n) is 0.640. The highest BCUT2D eigenvalue weighted by molar-refractivity contribution is 5.75. The highest BCUT2D eigenvalue weighted by Crippen LogP contribution is 1.85. The third kappa shape index (κ3) is 8.77. The molecule has 0 aliphatic carbocycles. The monoisotopic (exact) mass is 189 g/mol. The molecule has 0 rings (SSSR count). The predicted octanol–water partition coefficient (Wildman–Crippen LogP) is -1.48. The smallest absolute Gasteiger partial charge is 0.245 e. The zero-order valence-electron chi connectivity index (χ0n) is 7.63. The number of primary amides is 1. The molecular weight excluding hydrogens is 174 g/mol. The second-order valence-electron chi connectivity index (χ2n) is 2.43. The van der Waals surface area contributed by atoms with Crippen LogP contribution in [0, 0.1) is 0 Å². The first kappa shape index (κ1) is 11.9. The molecule has 0 bridgehead atoms. The molecule has 6 nitrogen and oxygen atoms in total. The summed E-state index contributed by atoms with van der Waals surface area (Å²) < 4.78 is 0. The topological polar surface area (TPSA) is 93.4 Å². The van der Waals surface area contributed by atoms with Crippen LogP contribution in [0.5, 0.6) is 0 Å². The van der Waals surface area contributed by atoms with Crippen LogP contribution < -0.4 is 16.5 Å². The highest BCUT2D eigenvalue weighted by atomic mass is 16.6. The lowest BCUT2D eigenvalue weighted by Gasteiger charge is -2.02. The normalized spacial score (nSPS) is 9.62. The van der Waals surface area contributed by atoms with Gasteiger partial charge in [0.2, 0.25) is 11.8 Å². The molecule has 0 fully saturated rings. The van der Waals surface area contributed by atoms with E-state index in [4.69, 9.17) is 5.73 Å². The molecule has 0 spiro atoms. The molecule has 0 unspecified atom stereocenters. The van der Waals surface area contributed by atoms with Crippen LogP contribution in [-0.2, 0) is 14.4 Å². The van der Waals surface area contributed by atoms with Crippen LogP contribution in [0.4, 0.5) is 0 Å². The van der Waals surface area contributed by atoms with Crippen molar-refractivity contribution >= 4 is 11.8 Å². The van der Waals surface area contributed by atoms with Gasteiger partial charge in [-0.25, -0.2) is 5.48 Å². The van der Waals surface area contributed by atoms with Crippen LogP contribution in [0.3, 0.4) is 0 Å². The molecule has 0 heterocycles. The summed E-state index contributed by atoms with van der Waals surface area (Å²) in [5.74, 6) is -0.546. The number of rotatable bonds is 7. The summed E-state index contributed by atoms with van der Waals surface area (Å²) >= 11 is 0. The number of amides is 2. The maximum absolute atomic E-state index is 10.7. The molecule has 13 heavy (non-hydrogen) atoms. The SMILES string of the molecule is CNC(=O)CCCNOCC(N)=O. The Hall–Kier alpha value is -1.14. The van der Waals surface area contributed by atoms with Crippen LogP contribution in [-0.4, -0.2) is 32.0 Å². The van der Waals surface area contributed by atoms with E-state index in [9.17, 15) is 9.59 Å². The number of hydrogen-bond acceptors (Lipinski definition) is 4. The van der Waals surface area contributed by atoms with E-state index in [-0.39, 0.29) is 12.5 Å². The molecule has 6 heteroatoms. The summed E-state index contributed by atoms with van der Waals surface area (Å²) in [6, 6.07) is 0. The Bertz CT molecular complexity index is 172. The largest absolute Gasteiger partial charge is 0.368 e. The van der Waals surface area contributed by atoms with Gasteiger partial charge in [0.25, 0.3) is 0 Å². The van der Waals surface area contributed by atoms with E-state index in [2.05, 4.69) is 15.6 Å². The average Bonchev–Trinajstić information content (AvgIpc) is 2.10. The molecule has 0 saturated heterocycles. The number of nitrogens with one attached hydrogen (secondary N) is 2. The van der Waals surface area contributed by atoms with Gasteiger partial charge in [0.1, 0.15) is 6.61 Å². The van der Waals surface area contributed by atoms with Gasteiger partial charge in [-0.15, -0.1) is 0 Å². The highest BCUT2D eigenvalue weighted by Gasteiger charge is 1.97. The van der Waals surface area contributed by atoms with Gasteiger partial charge in [0.15, 0.2) is 0 Å². The van der Waals surface area contributed by atoms with Crippen molar-refractivity contribution < 1.29 is 14.4 Å². The van der Waals surface area contributed by atoms with Gasteiger partial charge in [-0.05, 0) is 6.42 Å². The minimum atomic E-state index is -0.529. The Labute approximate surface area is 76.8 Å². The first-order valence-electron chi connectivity index (χ1n) is 4.00. The third-order valence-electron chi connectivity index (χ3n) is 1.28. The molecule has 0 aliphatic rings. The summed E-state index contributed by atoms with van der Waals surface area (Å²) in [7, 11) is 1.58. The molecule has 0 aromatic rings. The van der Waals surface area contributed by atoms with Crippen molar-refractivity contribution in [2.24, 2.45) is 5.73 Å². The average molecular weight is 189 g/mol. The molecule has 0 radical (unpaired) electrons. The summed E-state index contributed by atoms with van der Waals surface area (Å²) in [5, 5.41) is 2.49. The maximum atomic E-state index is 10.7. The van der Waals surface area contributed by atoms with Crippen LogP contribution in [0.15, 0.2) is 0 Å². The van der Waals surface area contributed by atoms with Gasteiger partial charge in [-0.3, -0.25) is 14.4 Å². The molecule has 76 valence electrons. The Morgan fingerprint density at radius 2 is 2.15 bits per heavy atom. The molecule has 0 atom stereocenters. The maximum Gasteiger partial charge on any atom is 0.245 e. The summed E-state index contributed by atoms with van der Waals surface area (Å²) in [4.78, 5) is 25.5. The number of hydroxylamine groups is 1. The van der Waals surface area contributed by atoms with Gasteiger partial charge in [0, 0.05) is 20.0 Å². The van der Waals surface area contributed by atoms with E-state index in [0.717, 1.165) is 0 Å².